The van der Waals surface area contributed by atoms with Gasteiger partial charge in [-0.1, -0.05) is 11.6 Å². The topological polar surface area (TPSA) is 169 Å². The number of carbonyl (C=O) groups is 2. The summed E-state index contributed by atoms with van der Waals surface area (Å²) in [5.74, 6) is -0.960. The Morgan fingerprint density at radius 2 is 1.65 bits per heavy atom. The number of nitrogens with one attached hydrogen (secondary N) is 2. The van der Waals surface area contributed by atoms with Crippen molar-refractivity contribution in [2.24, 2.45) is 10.2 Å². The van der Waals surface area contributed by atoms with E-state index in [0.717, 1.165) is 13.0 Å². The largest absolute Gasteiger partial charge is 0.497 e. The molecule has 0 spiro atoms. The standard InChI is InChI=1S/C23H20ClN5O7S/c1-14(30)22(27-26-20-12-3-15(24)13-21(20)29(32)33)23(31)25-16-6-10-19(11-7-16)37(34,35)28-17-4-8-18(36-2)9-5-17/h3-13,22,28H,1-2H3,(H,25,31). The van der Waals surface area contributed by atoms with Crippen LogP contribution in [0, 0.1) is 10.1 Å². The number of anilines is 2. The summed E-state index contributed by atoms with van der Waals surface area (Å²) in [6.45, 7) is 1.11. The maximum Gasteiger partial charge on any atom is 0.298 e. The summed E-state index contributed by atoms with van der Waals surface area (Å²) in [5, 5.41) is 21.1. The fourth-order valence-corrected chi connectivity index (χ4v) is 4.19. The summed E-state index contributed by atoms with van der Waals surface area (Å²) in [6.07, 6.45) is 0. The molecule has 3 aromatic rings. The molecule has 14 heteroatoms. The smallest absolute Gasteiger partial charge is 0.298 e. The highest BCUT2D eigenvalue weighted by atomic mass is 35.5. The highest BCUT2D eigenvalue weighted by molar-refractivity contribution is 7.92. The zero-order valence-corrected chi connectivity index (χ0v) is 21.0. The SMILES string of the molecule is COc1ccc(NS(=O)(=O)c2ccc(NC(=O)C(N=Nc3ccc(Cl)cc3[N+](=O)[O-])C(C)=O)cc2)cc1. The molecule has 3 rings (SSSR count). The summed E-state index contributed by atoms with van der Waals surface area (Å²) in [4.78, 5) is 35.1. The Morgan fingerprint density at radius 1 is 1.03 bits per heavy atom. The van der Waals surface area contributed by atoms with Gasteiger partial charge in [0.1, 0.15) is 5.75 Å². The van der Waals surface area contributed by atoms with Crippen LogP contribution in [0.3, 0.4) is 0 Å². The van der Waals surface area contributed by atoms with Gasteiger partial charge in [0, 0.05) is 22.5 Å². The number of rotatable bonds is 10. The minimum absolute atomic E-state index is 0.0702. The van der Waals surface area contributed by atoms with Crippen LogP contribution in [0.4, 0.5) is 22.7 Å². The number of amides is 1. The predicted octanol–water partition coefficient (Wildman–Crippen LogP) is 4.74. The second-order valence-corrected chi connectivity index (χ2v) is 9.59. The molecular weight excluding hydrogens is 526 g/mol. The third-order valence-corrected chi connectivity index (χ3v) is 6.46. The van der Waals surface area contributed by atoms with Gasteiger partial charge in [-0.15, -0.1) is 5.11 Å². The number of nitro benzene ring substituents is 1. The molecule has 37 heavy (non-hydrogen) atoms. The van der Waals surface area contributed by atoms with Gasteiger partial charge < -0.3 is 10.1 Å². The van der Waals surface area contributed by atoms with Crippen molar-refractivity contribution < 1.29 is 27.7 Å². The highest BCUT2D eigenvalue weighted by Crippen LogP contribution is 2.30. The van der Waals surface area contributed by atoms with Crippen molar-refractivity contribution in [3.63, 3.8) is 0 Å². The highest BCUT2D eigenvalue weighted by Gasteiger charge is 2.24. The number of nitro groups is 1. The van der Waals surface area contributed by atoms with Crippen LogP contribution >= 0.6 is 11.6 Å². The van der Waals surface area contributed by atoms with Crippen molar-refractivity contribution >= 4 is 56.1 Å². The Morgan fingerprint density at radius 3 is 2.22 bits per heavy atom. The van der Waals surface area contributed by atoms with Crippen LogP contribution in [-0.4, -0.2) is 38.2 Å². The first-order valence-electron chi connectivity index (χ1n) is 10.4. The van der Waals surface area contributed by atoms with Crippen LogP contribution in [0.5, 0.6) is 5.75 Å². The lowest BCUT2D eigenvalue weighted by atomic mass is 10.2. The van der Waals surface area contributed by atoms with Crippen LogP contribution in [0.2, 0.25) is 5.02 Å². The number of azo groups is 1. The first kappa shape index (κ1) is 27.2. The minimum atomic E-state index is -3.92. The number of hydrogen-bond acceptors (Lipinski definition) is 9. The molecule has 0 fully saturated rings. The van der Waals surface area contributed by atoms with Gasteiger partial charge in [-0.3, -0.25) is 24.4 Å². The van der Waals surface area contributed by atoms with E-state index in [4.69, 9.17) is 16.3 Å². The fraction of sp³-hybridized carbons (Fsp3) is 0.130. The number of carbonyl (C=O) groups excluding carboxylic acids is 2. The summed E-state index contributed by atoms with van der Waals surface area (Å²) in [7, 11) is -2.42. The molecule has 3 aromatic carbocycles. The third-order valence-electron chi connectivity index (χ3n) is 4.82. The number of benzene rings is 3. The molecule has 0 aromatic heterocycles. The van der Waals surface area contributed by atoms with E-state index >= 15 is 0 Å². The number of methoxy groups -OCH3 is 1. The van der Waals surface area contributed by atoms with Crippen molar-refractivity contribution in [2.45, 2.75) is 17.9 Å². The normalized spacial score (nSPS) is 12.1. The lowest BCUT2D eigenvalue weighted by Gasteiger charge is -2.11. The summed E-state index contributed by atoms with van der Waals surface area (Å²) >= 11 is 5.76. The van der Waals surface area contributed by atoms with Crippen LogP contribution in [0.15, 0.2) is 81.9 Å². The van der Waals surface area contributed by atoms with Crippen molar-refractivity contribution in [1.82, 2.24) is 0 Å². The molecule has 0 saturated carbocycles. The number of ketones is 1. The van der Waals surface area contributed by atoms with Crippen LogP contribution in [0.25, 0.3) is 0 Å². The summed E-state index contributed by atoms with van der Waals surface area (Å²) in [6, 6.07) is 13.5. The number of ether oxygens (including phenoxy) is 1. The van der Waals surface area contributed by atoms with Gasteiger partial charge in [0.05, 0.1) is 16.9 Å². The maximum atomic E-state index is 12.6. The van der Waals surface area contributed by atoms with Gasteiger partial charge in [0.2, 0.25) is 6.04 Å². The molecule has 2 N–H and O–H groups in total. The molecule has 0 saturated heterocycles. The predicted molar refractivity (Wildman–Crippen MR) is 136 cm³/mol. The van der Waals surface area contributed by atoms with Crippen molar-refractivity contribution in [3.8, 4) is 5.75 Å². The Balaban J connectivity index is 1.73. The Hall–Kier alpha value is -4.36. The van der Waals surface area contributed by atoms with Gasteiger partial charge in [-0.2, -0.15) is 5.11 Å². The zero-order chi connectivity index (χ0) is 27.2. The first-order valence-corrected chi connectivity index (χ1v) is 12.3. The van der Waals surface area contributed by atoms with E-state index in [2.05, 4.69) is 20.3 Å². The lowest BCUT2D eigenvalue weighted by Crippen LogP contribution is -2.31. The molecule has 12 nitrogen and oxygen atoms in total. The lowest BCUT2D eigenvalue weighted by molar-refractivity contribution is -0.384. The Kier molecular flexibility index (Phi) is 8.52. The number of sulfonamides is 1. The van der Waals surface area contributed by atoms with E-state index in [1.807, 2.05) is 0 Å². The van der Waals surface area contributed by atoms with E-state index in [0.29, 0.717) is 11.4 Å². The molecule has 192 valence electrons. The van der Waals surface area contributed by atoms with Gasteiger partial charge in [0.15, 0.2) is 11.5 Å². The number of nitrogens with zero attached hydrogens (tertiary/aromatic N) is 3. The summed E-state index contributed by atoms with van der Waals surface area (Å²) in [5.41, 5.74) is -0.118. The second-order valence-electron chi connectivity index (χ2n) is 7.47. The molecule has 1 atom stereocenters. The second kappa shape index (κ2) is 11.6. The molecule has 0 heterocycles. The third kappa shape index (κ3) is 7.08. The number of halogens is 1. The van der Waals surface area contributed by atoms with E-state index in [9.17, 15) is 28.1 Å². The van der Waals surface area contributed by atoms with Gasteiger partial charge in [-0.25, -0.2) is 8.42 Å². The van der Waals surface area contributed by atoms with Gasteiger partial charge >= 0.3 is 0 Å². The van der Waals surface area contributed by atoms with Crippen LogP contribution in [0.1, 0.15) is 6.92 Å². The first-order chi connectivity index (χ1) is 17.5. The average molecular weight is 546 g/mol. The number of hydrogen-bond donors (Lipinski definition) is 2. The van der Waals surface area contributed by atoms with E-state index in [-0.39, 0.29) is 21.3 Å². The Labute approximate surface area is 216 Å². The van der Waals surface area contributed by atoms with Gasteiger partial charge in [0.25, 0.3) is 21.6 Å². The van der Waals surface area contributed by atoms with E-state index in [1.54, 1.807) is 24.3 Å². The molecule has 1 unspecified atom stereocenters. The average Bonchev–Trinajstić information content (AvgIpc) is 2.85. The molecule has 1 amide bonds. The molecular formula is C23H20ClN5O7S. The molecule has 0 radical (unpaired) electrons. The molecule has 0 aliphatic heterocycles. The van der Waals surface area contributed by atoms with Crippen molar-refractivity contribution in [2.75, 3.05) is 17.1 Å². The Bertz CT molecular complexity index is 1460. The monoisotopic (exact) mass is 545 g/mol. The zero-order valence-electron chi connectivity index (χ0n) is 19.4. The van der Waals surface area contributed by atoms with Crippen molar-refractivity contribution in [3.05, 3.63) is 81.9 Å². The van der Waals surface area contributed by atoms with Crippen LogP contribution < -0.4 is 14.8 Å². The van der Waals surface area contributed by atoms with Crippen molar-refractivity contribution in [1.29, 1.82) is 0 Å². The quantitative estimate of drug-likeness (QED) is 0.160. The maximum absolute atomic E-state index is 12.6. The molecule has 0 bridgehead atoms. The fourth-order valence-electron chi connectivity index (χ4n) is 2.97. The van der Waals surface area contributed by atoms with Crippen LogP contribution in [-0.2, 0) is 19.6 Å². The molecule has 0 aliphatic rings. The van der Waals surface area contributed by atoms with E-state index < -0.39 is 38.4 Å². The molecule has 0 aliphatic carbocycles. The van der Waals surface area contributed by atoms with E-state index in [1.165, 1.54) is 43.5 Å². The number of Topliss-reactive ketones (excluding diaryl/α,β-unsaturated/α-hetero) is 1. The van der Waals surface area contributed by atoms with Gasteiger partial charge in [-0.05, 0) is 67.6 Å². The summed E-state index contributed by atoms with van der Waals surface area (Å²) < 4.78 is 32.8. The minimum Gasteiger partial charge on any atom is -0.497 e.